The summed E-state index contributed by atoms with van der Waals surface area (Å²) in [4.78, 5) is 12.2. The predicted octanol–water partition coefficient (Wildman–Crippen LogP) is 3.00. The zero-order chi connectivity index (χ0) is 14.5. The van der Waals surface area contributed by atoms with Crippen molar-refractivity contribution in [3.8, 4) is 0 Å². The molecule has 0 fully saturated rings. The molecular weight excluding hydrogens is 274 g/mol. The van der Waals surface area contributed by atoms with Gasteiger partial charge in [0.05, 0.1) is 5.56 Å². The highest BCUT2D eigenvalue weighted by atomic mass is 35.5. The highest BCUT2D eigenvalue weighted by molar-refractivity contribution is 6.30. The molecule has 0 heterocycles. The first-order valence-corrected chi connectivity index (χ1v) is 6.49. The molecule has 1 amide bonds. The van der Waals surface area contributed by atoms with Gasteiger partial charge in [-0.05, 0) is 24.3 Å². The van der Waals surface area contributed by atoms with Gasteiger partial charge in [0, 0.05) is 29.8 Å². The van der Waals surface area contributed by atoms with Crippen LogP contribution in [0.1, 0.15) is 17.3 Å². The van der Waals surface area contributed by atoms with Crippen molar-refractivity contribution in [1.82, 2.24) is 5.43 Å². The molecule has 3 N–H and O–H groups in total. The van der Waals surface area contributed by atoms with E-state index in [1.165, 1.54) is 0 Å². The Kier molecular flexibility index (Phi) is 4.38. The Balaban J connectivity index is 2.21. The van der Waals surface area contributed by atoms with Crippen molar-refractivity contribution in [3.05, 3.63) is 59.1 Å². The van der Waals surface area contributed by atoms with E-state index in [2.05, 4.69) is 5.43 Å². The number of para-hydroxylation sites is 1. The normalized spacial score (nSPS) is 11.2. The van der Waals surface area contributed by atoms with Crippen LogP contribution < -0.4 is 11.2 Å². The highest BCUT2D eigenvalue weighted by Crippen LogP contribution is 2.16. The molecule has 0 atom stereocenters. The smallest absolute Gasteiger partial charge is 0.307 e. The molecule has 0 radical (unpaired) electrons. The van der Waals surface area contributed by atoms with E-state index >= 15 is 0 Å². The third-order valence-corrected chi connectivity index (χ3v) is 3.04. The Hall–Kier alpha value is -2.33. The van der Waals surface area contributed by atoms with Gasteiger partial charge in [-0.15, -0.1) is 5.43 Å². The maximum Gasteiger partial charge on any atom is 0.307 e. The first-order chi connectivity index (χ1) is 9.61. The number of benzene rings is 2. The topological polar surface area (TPSA) is 58.1 Å². The minimum Gasteiger partial charge on any atom is -0.398 e. The molecule has 0 unspecified atom stereocenters. The molecule has 2 aromatic carbocycles. The van der Waals surface area contributed by atoms with E-state index in [9.17, 15) is 4.79 Å². The van der Waals surface area contributed by atoms with E-state index in [-0.39, 0.29) is 5.91 Å². The van der Waals surface area contributed by atoms with Crippen LogP contribution in [0.15, 0.2) is 48.5 Å². The number of carbonyl (C=O) groups is 1. The molecule has 0 bridgehead atoms. The summed E-state index contributed by atoms with van der Waals surface area (Å²) in [5.74, 6) is -0.267. The van der Waals surface area contributed by atoms with Crippen molar-refractivity contribution in [1.29, 1.82) is 0 Å². The summed E-state index contributed by atoms with van der Waals surface area (Å²) in [6, 6.07) is 14.1. The molecule has 5 heteroatoms. The number of hydrazone groups is 1. The second kappa shape index (κ2) is 6.21. The number of amides is 1. The number of rotatable bonds is 3. The van der Waals surface area contributed by atoms with E-state index in [1.54, 1.807) is 47.3 Å². The number of nitrogens with one attached hydrogen (secondary N) is 1. The summed E-state index contributed by atoms with van der Waals surface area (Å²) in [6.45, 7) is 1.82. The number of carbonyl (C=O) groups excluding carboxylic acids is 1. The first-order valence-electron chi connectivity index (χ1n) is 6.11. The molecule has 0 aliphatic rings. The second-order valence-corrected chi connectivity index (χ2v) is 4.57. The number of hydrazine groups is 1. The predicted molar refractivity (Wildman–Crippen MR) is 81.4 cm³/mol. The van der Waals surface area contributed by atoms with Gasteiger partial charge in [-0.3, -0.25) is 4.79 Å². The molecule has 0 spiro atoms. The lowest BCUT2D eigenvalue weighted by Gasteiger charge is -2.05. The van der Waals surface area contributed by atoms with Gasteiger partial charge in [0.2, 0.25) is 5.69 Å². The molecule has 2 aromatic rings. The van der Waals surface area contributed by atoms with Crippen molar-refractivity contribution in [2.24, 2.45) is 0 Å². The van der Waals surface area contributed by atoms with Gasteiger partial charge in [0.15, 0.2) is 6.21 Å². The lowest BCUT2D eigenvalue weighted by atomic mass is 10.2. The van der Waals surface area contributed by atoms with Gasteiger partial charge in [0.25, 0.3) is 0 Å². The Morgan fingerprint density at radius 3 is 2.45 bits per heavy atom. The highest BCUT2D eigenvalue weighted by Gasteiger charge is 2.16. The van der Waals surface area contributed by atoms with Crippen LogP contribution in [-0.2, 0) is 0 Å². The quantitative estimate of drug-likeness (QED) is 0.395. The van der Waals surface area contributed by atoms with Crippen LogP contribution in [0.4, 0.5) is 11.4 Å². The van der Waals surface area contributed by atoms with E-state index in [4.69, 9.17) is 17.3 Å². The number of halogens is 1. The minimum absolute atomic E-state index is 0.267. The van der Waals surface area contributed by atoms with E-state index in [0.29, 0.717) is 16.3 Å². The van der Waals surface area contributed by atoms with Crippen molar-refractivity contribution in [2.45, 2.75) is 6.92 Å². The lowest BCUT2D eigenvalue weighted by Crippen LogP contribution is -2.32. The number of nitrogen functional groups attached to an aromatic ring is 1. The monoisotopic (exact) mass is 288 g/mol. The maximum absolute atomic E-state index is 12.2. The summed E-state index contributed by atoms with van der Waals surface area (Å²) in [6.07, 6.45) is 1.75. The van der Waals surface area contributed by atoms with Crippen molar-refractivity contribution >= 4 is 35.1 Å². The average molecular weight is 289 g/mol. The van der Waals surface area contributed by atoms with Gasteiger partial charge in [-0.25, -0.2) is 0 Å². The number of nitrogens with two attached hydrogens (primary N) is 1. The molecule has 0 aliphatic heterocycles. The van der Waals surface area contributed by atoms with Crippen LogP contribution in [0.3, 0.4) is 0 Å². The number of hydrogen-bond acceptors (Lipinski definition) is 2. The molecule has 0 aliphatic carbocycles. The van der Waals surface area contributed by atoms with Crippen LogP contribution >= 0.6 is 11.6 Å². The third-order valence-electron chi connectivity index (χ3n) is 2.79. The zero-order valence-electron chi connectivity index (χ0n) is 11.0. The summed E-state index contributed by atoms with van der Waals surface area (Å²) < 4.78 is 1.62. The molecule has 0 aromatic heterocycles. The lowest BCUT2D eigenvalue weighted by molar-refractivity contribution is -0.485. The number of nitrogens with zero attached hydrogens (tertiary/aromatic N) is 1. The second-order valence-electron chi connectivity index (χ2n) is 4.13. The van der Waals surface area contributed by atoms with E-state index in [1.807, 2.05) is 19.1 Å². The van der Waals surface area contributed by atoms with E-state index in [0.717, 1.165) is 5.69 Å². The Bertz CT molecular complexity index is 650. The molecule has 0 saturated heterocycles. The Morgan fingerprint density at radius 2 is 1.85 bits per heavy atom. The SMILES string of the molecule is C/C=[N+](\NC(=O)c1ccccc1N)c1ccc(Cl)cc1. The van der Waals surface area contributed by atoms with Gasteiger partial charge in [-0.1, -0.05) is 28.4 Å². The Labute approximate surface area is 122 Å². The van der Waals surface area contributed by atoms with E-state index < -0.39 is 0 Å². The fraction of sp³-hybridized carbons (Fsp3) is 0.0667. The Morgan fingerprint density at radius 1 is 1.20 bits per heavy atom. The van der Waals surface area contributed by atoms with Crippen LogP contribution in [0.2, 0.25) is 5.02 Å². The van der Waals surface area contributed by atoms with Gasteiger partial charge >= 0.3 is 5.91 Å². The molecule has 20 heavy (non-hydrogen) atoms. The van der Waals surface area contributed by atoms with Crippen LogP contribution in [0.5, 0.6) is 0 Å². The maximum atomic E-state index is 12.2. The van der Waals surface area contributed by atoms with Crippen LogP contribution in [-0.4, -0.2) is 16.8 Å². The summed E-state index contributed by atoms with van der Waals surface area (Å²) in [5, 5.41) is 0.642. The van der Waals surface area contributed by atoms with Crippen molar-refractivity contribution < 1.29 is 9.48 Å². The summed E-state index contributed by atoms with van der Waals surface area (Å²) in [7, 11) is 0. The standard InChI is InChI=1S/C15H14ClN3O/c1-2-19(12-9-7-11(16)8-10-12)18-15(20)13-5-3-4-6-14(13)17/h2-10H,1H3,(H2-,17,18,20)/p+1/b19-2-. The molecule has 0 saturated carbocycles. The molecule has 2 rings (SSSR count). The summed E-state index contributed by atoms with van der Waals surface area (Å²) in [5.41, 5.74) is 10.3. The van der Waals surface area contributed by atoms with Gasteiger partial charge < -0.3 is 5.73 Å². The van der Waals surface area contributed by atoms with Gasteiger partial charge in [0.1, 0.15) is 0 Å². The van der Waals surface area contributed by atoms with Gasteiger partial charge in [-0.2, -0.15) is 0 Å². The zero-order valence-corrected chi connectivity index (χ0v) is 11.8. The average Bonchev–Trinajstić information content (AvgIpc) is 2.46. The fourth-order valence-corrected chi connectivity index (χ4v) is 1.88. The largest absolute Gasteiger partial charge is 0.398 e. The van der Waals surface area contributed by atoms with Crippen LogP contribution in [0.25, 0.3) is 0 Å². The first kappa shape index (κ1) is 14.1. The van der Waals surface area contributed by atoms with Crippen molar-refractivity contribution in [3.63, 3.8) is 0 Å². The molecular formula is C15H15ClN3O+. The third kappa shape index (κ3) is 3.16. The minimum atomic E-state index is -0.267. The molecule has 102 valence electrons. The number of anilines is 1. The number of hydrogen-bond donors (Lipinski definition) is 2. The fourth-order valence-electron chi connectivity index (χ4n) is 1.75. The van der Waals surface area contributed by atoms with Crippen LogP contribution in [0, 0.1) is 0 Å². The summed E-state index contributed by atoms with van der Waals surface area (Å²) >= 11 is 5.85. The van der Waals surface area contributed by atoms with Crippen molar-refractivity contribution in [2.75, 3.05) is 5.73 Å². The molecule has 4 nitrogen and oxygen atoms in total.